The first-order valence-electron chi connectivity index (χ1n) is 6.72. The van der Waals surface area contributed by atoms with Gasteiger partial charge in [-0.15, -0.1) is 0 Å². The number of amides is 1. The summed E-state index contributed by atoms with van der Waals surface area (Å²) in [5, 5.41) is 0. The average Bonchev–Trinajstić information content (AvgIpc) is 2.43. The maximum absolute atomic E-state index is 13.1. The van der Waals surface area contributed by atoms with Gasteiger partial charge < -0.3 is 0 Å². The minimum atomic E-state index is -0.350. The van der Waals surface area contributed by atoms with Gasteiger partial charge in [0.2, 0.25) is 0 Å². The zero-order valence-electron chi connectivity index (χ0n) is 11.9. The minimum Gasteiger partial charge on any atom is -0.293 e. The van der Waals surface area contributed by atoms with Gasteiger partial charge in [0.25, 0.3) is 5.91 Å². The minimum absolute atomic E-state index is 0.00792. The van der Waals surface area contributed by atoms with Crippen LogP contribution >= 0.6 is 22.6 Å². The molecule has 104 valence electrons. The largest absolute Gasteiger partial charge is 0.293 e. The third-order valence-electron chi connectivity index (χ3n) is 3.37. The fourth-order valence-electron chi connectivity index (χ4n) is 2.45. The zero-order chi connectivity index (χ0) is 15.0. The Morgan fingerprint density at radius 2 is 1.52 bits per heavy atom. The van der Waals surface area contributed by atoms with Crippen LogP contribution in [0.15, 0.2) is 48.5 Å². The number of alkyl halides is 1. The topological polar surface area (TPSA) is 20.3 Å². The number of anilines is 1. The van der Waals surface area contributed by atoms with Crippen molar-refractivity contribution < 1.29 is 4.79 Å². The number of rotatable bonds is 1. The molecule has 3 heteroatoms. The summed E-state index contributed by atoms with van der Waals surface area (Å²) < 4.78 is -0.350. The molecule has 2 aromatic rings. The molecular weight excluding hydrogens is 373 g/mol. The first kappa shape index (κ1) is 14.2. The molecule has 0 N–H and O–H groups in total. The van der Waals surface area contributed by atoms with Gasteiger partial charge in [0, 0.05) is 11.1 Å². The number of halogens is 1. The quantitative estimate of drug-likeness (QED) is 0.311. The van der Waals surface area contributed by atoms with Gasteiger partial charge in [-0.25, -0.2) is 0 Å². The summed E-state index contributed by atoms with van der Waals surface area (Å²) in [6.45, 7) is 4.06. The molecular formula is C18H14INO. The predicted molar refractivity (Wildman–Crippen MR) is 93.8 cm³/mol. The molecule has 1 heterocycles. The molecule has 0 saturated carbocycles. The van der Waals surface area contributed by atoms with Crippen molar-refractivity contribution in [2.75, 3.05) is 4.90 Å². The standard InChI is InChI=1S/C18H14INO/c1-18(2,19)20-16-10-6-4-8-14(16)12-11-13-7-3-5-9-15(13)17(20)21/h3-10H,1-2H3. The molecule has 3 rings (SSSR count). The zero-order valence-corrected chi connectivity index (χ0v) is 14.0. The van der Waals surface area contributed by atoms with Crippen molar-refractivity contribution in [3.8, 4) is 11.8 Å². The van der Waals surface area contributed by atoms with E-state index in [1.54, 1.807) is 0 Å². The highest BCUT2D eigenvalue weighted by atomic mass is 127. The Morgan fingerprint density at radius 1 is 0.952 bits per heavy atom. The van der Waals surface area contributed by atoms with Gasteiger partial charge in [-0.05, 0) is 38.1 Å². The Balaban J connectivity index is 2.33. The van der Waals surface area contributed by atoms with Gasteiger partial charge in [0.05, 0.1) is 14.8 Å². The van der Waals surface area contributed by atoms with E-state index >= 15 is 0 Å². The Kier molecular flexibility index (Phi) is 3.50. The van der Waals surface area contributed by atoms with Crippen molar-refractivity contribution in [1.29, 1.82) is 0 Å². The van der Waals surface area contributed by atoms with Gasteiger partial charge >= 0.3 is 0 Å². The van der Waals surface area contributed by atoms with Crippen molar-refractivity contribution in [1.82, 2.24) is 0 Å². The molecule has 0 fully saturated rings. The summed E-state index contributed by atoms with van der Waals surface area (Å²) >= 11 is 2.29. The van der Waals surface area contributed by atoms with Crippen LogP contribution in [0.25, 0.3) is 0 Å². The Morgan fingerprint density at radius 3 is 2.24 bits per heavy atom. The van der Waals surface area contributed by atoms with Crippen molar-refractivity contribution in [3.63, 3.8) is 0 Å². The molecule has 21 heavy (non-hydrogen) atoms. The van der Waals surface area contributed by atoms with Crippen molar-refractivity contribution >= 4 is 34.2 Å². The second kappa shape index (κ2) is 5.19. The molecule has 0 unspecified atom stereocenters. The second-order valence-corrected chi connectivity index (χ2v) is 8.00. The molecule has 0 aliphatic carbocycles. The number of benzene rings is 2. The summed E-state index contributed by atoms with van der Waals surface area (Å²) in [5.41, 5.74) is 3.18. The van der Waals surface area contributed by atoms with Crippen molar-refractivity contribution in [2.45, 2.75) is 17.4 Å². The number of para-hydroxylation sites is 1. The lowest BCUT2D eigenvalue weighted by Crippen LogP contribution is -2.44. The van der Waals surface area contributed by atoms with Gasteiger partial charge in [-0.2, -0.15) is 0 Å². The van der Waals surface area contributed by atoms with E-state index in [4.69, 9.17) is 0 Å². The molecule has 2 aromatic carbocycles. The molecule has 0 radical (unpaired) electrons. The van der Waals surface area contributed by atoms with E-state index in [1.807, 2.05) is 67.3 Å². The van der Waals surface area contributed by atoms with Crippen LogP contribution < -0.4 is 4.90 Å². The summed E-state index contributed by atoms with van der Waals surface area (Å²) in [4.78, 5) is 14.9. The molecule has 0 bridgehead atoms. The van der Waals surface area contributed by atoms with Crippen molar-refractivity contribution in [2.24, 2.45) is 0 Å². The number of hydrogen-bond donors (Lipinski definition) is 0. The van der Waals surface area contributed by atoms with E-state index in [2.05, 4.69) is 34.4 Å². The monoisotopic (exact) mass is 387 g/mol. The van der Waals surface area contributed by atoms with Crippen LogP contribution in [0.5, 0.6) is 0 Å². The van der Waals surface area contributed by atoms with Crippen LogP contribution in [-0.4, -0.2) is 9.45 Å². The Labute approximate surface area is 138 Å². The first-order valence-corrected chi connectivity index (χ1v) is 7.80. The lowest BCUT2D eigenvalue weighted by atomic mass is 10.0. The lowest BCUT2D eigenvalue weighted by molar-refractivity contribution is 0.0978. The first-order chi connectivity index (χ1) is 9.98. The Hall–Kier alpha value is -1.80. The Bertz CT molecular complexity index is 778. The van der Waals surface area contributed by atoms with Crippen LogP contribution in [0.4, 0.5) is 5.69 Å². The van der Waals surface area contributed by atoms with Gasteiger partial charge in [-0.1, -0.05) is 58.7 Å². The van der Waals surface area contributed by atoms with E-state index in [0.29, 0.717) is 5.56 Å². The fourth-order valence-corrected chi connectivity index (χ4v) is 2.92. The lowest BCUT2D eigenvalue weighted by Gasteiger charge is -2.35. The van der Waals surface area contributed by atoms with E-state index in [-0.39, 0.29) is 9.45 Å². The molecule has 0 aromatic heterocycles. The predicted octanol–water partition coefficient (Wildman–Crippen LogP) is 4.22. The summed E-state index contributed by atoms with van der Waals surface area (Å²) in [6, 6.07) is 15.3. The number of carbonyl (C=O) groups excluding carboxylic acids is 1. The average molecular weight is 387 g/mol. The second-order valence-electron chi connectivity index (χ2n) is 5.36. The van der Waals surface area contributed by atoms with Crippen LogP contribution in [0.3, 0.4) is 0 Å². The fraction of sp³-hybridized carbons (Fsp3) is 0.167. The highest BCUT2D eigenvalue weighted by molar-refractivity contribution is 14.1. The summed E-state index contributed by atoms with van der Waals surface area (Å²) in [7, 11) is 0. The number of fused-ring (bicyclic) bond motifs is 2. The van der Waals surface area contributed by atoms with Gasteiger partial charge in [-0.3, -0.25) is 9.69 Å². The number of carbonyl (C=O) groups is 1. The van der Waals surface area contributed by atoms with E-state index in [1.165, 1.54) is 0 Å². The van der Waals surface area contributed by atoms with Crippen LogP contribution in [0.2, 0.25) is 0 Å². The smallest absolute Gasteiger partial charge is 0.260 e. The molecule has 1 aliphatic heterocycles. The van der Waals surface area contributed by atoms with Gasteiger partial charge in [0.15, 0.2) is 0 Å². The molecule has 1 aliphatic rings. The summed E-state index contributed by atoms with van der Waals surface area (Å²) in [6.07, 6.45) is 0. The van der Waals surface area contributed by atoms with E-state index < -0.39 is 0 Å². The number of nitrogens with zero attached hydrogens (tertiary/aromatic N) is 1. The van der Waals surface area contributed by atoms with Crippen LogP contribution in [-0.2, 0) is 0 Å². The molecule has 1 amide bonds. The maximum Gasteiger partial charge on any atom is 0.260 e. The highest BCUT2D eigenvalue weighted by Crippen LogP contribution is 2.34. The highest BCUT2D eigenvalue weighted by Gasteiger charge is 2.33. The number of hydrogen-bond acceptors (Lipinski definition) is 1. The summed E-state index contributed by atoms with van der Waals surface area (Å²) in [5.74, 6) is 6.31. The van der Waals surface area contributed by atoms with E-state index in [0.717, 1.165) is 16.8 Å². The molecule has 0 atom stereocenters. The molecule has 0 saturated heterocycles. The normalized spacial score (nSPS) is 13.5. The maximum atomic E-state index is 13.1. The van der Waals surface area contributed by atoms with Gasteiger partial charge in [0.1, 0.15) is 0 Å². The van der Waals surface area contributed by atoms with Crippen LogP contribution in [0, 0.1) is 11.8 Å². The van der Waals surface area contributed by atoms with Crippen LogP contribution in [0.1, 0.15) is 35.3 Å². The third kappa shape index (κ3) is 2.56. The van der Waals surface area contributed by atoms with E-state index in [9.17, 15) is 4.79 Å². The van der Waals surface area contributed by atoms with Crippen molar-refractivity contribution in [3.05, 3.63) is 65.2 Å². The SMILES string of the molecule is CC(C)(I)N1C(=O)c2ccccc2C#Cc2ccccc21. The third-order valence-corrected chi connectivity index (χ3v) is 3.85. The molecule has 2 nitrogen and oxygen atoms in total. The molecule has 0 spiro atoms.